The monoisotopic (exact) mass is 285 g/mol. The predicted molar refractivity (Wildman–Crippen MR) is 68.1 cm³/mol. The van der Waals surface area contributed by atoms with Gasteiger partial charge in [-0.2, -0.15) is 0 Å². The van der Waals surface area contributed by atoms with Crippen LogP contribution in [-0.4, -0.2) is 22.4 Å². The molecule has 3 rings (SSSR count). The summed E-state index contributed by atoms with van der Waals surface area (Å²) in [7, 11) is 0. The van der Waals surface area contributed by atoms with E-state index < -0.39 is 11.4 Å². The van der Waals surface area contributed by atoms with E-state index in [1.165, 1.54) is 6.20 Å². The van der Waals surface area contributed by atoms with Gasteiger partial charge in [0.2, 0.25) is 12.2 Å². The fraction of sp³-hybridized carbons (Fsp3) is 0.231. The van der Waals surface area contributed by atoms with Crippen LogP contribution in [0.4, 0.5) is 0 Å². The second kappa shape index (κ2) is 5.47. The number of pyridine rings is 1. The Hall–Kier alpha value is -1.50. The van der Waals surface area contributed by atoms with Crippen LogP contribution in [0.2, 0.25) is 0 Å². The number of carboxylic acids is 1. The summed E-state index contributed by atoms with van der Waals surface area (Å²) in [5.74, 6) is -0.196. The first kappa shape index (κ1) is 14.9. The summed E-state index contributed by atoms with van der Waals surface area (Å²) in [6.45, 7) is 2.54. The van der Waals surface area contributed by atoms with Gasteiger partial charge in [-0.15, -0.1) is 0 Å². The van der Waals surface area contributed by atoms with E-state index in [2.05, 4.69) is 0 Å². The smallest absolute Gasteiger partial charge is 1.00 e. The Morgan fingerprint density at radius 1 is 1.40 bits per heavy atom. The topological polar surface area (TPSA) is 77.8 Å². The van der Waals surface area contributed by atoms with Gasteiger partial charge in [0.05, 0.1) is 10.9 Å². The van der Waals surface area contributed by atoms with Crippen LogP contribution in [0.3, 0.4) is 0 Å². The molecule has 0 radical (unpaired) electrons. The van der Waals surface area contributed by atoms with E-state index in [9.17, 15) is 9.59 Å². The Bertz CT molecular complexity index is 758. The Morgan fingerprint density at radius 2 is 2.05 bits per heavy atom. The first-order chi connectivity index (χ1) is 9.11. The molecular weight excluding hydrogens is 273 g/mol. The molecule has 7 heteroatoms. The fourth-order valence-corrected chi connectivity index (χ4v) is 2.19. The Labute approximate surface area is 137 Å². The first-order valence-electron chi connectivity index (χ1n) is 5.82. The van der Waals surface area contributed by atoms with Gasteiger partial charge >= 0.3 is 35.5 Å². The largest absolute Gasteiger partial charge is 1.00 e. The zero-order chi connectivity index (χ0) is 13.6. The third-order valence-electron chi connectivity index (χ3n) is 3.15. The van der Waals surface area contributed by atoms with Crippen molar-refractivity contribution in [2.24, 2.45) is 0 Å². The summed E-state index contributed by atoms with van der Waals surface area (Å²) in [6.07, 6.45) is 1.36. The molecule has 0 spiro atoms. The van der Waals surface area contributed by atoms with Crippen molar-refractivity contribution >= 4 is 16.9 Å². The molecule has 1 aromatic heterocycles. The maximum absolute atomic E-state index is 12.1. The van der Waals surface area contributed by atoms with Crippen LogP contribution in [0.25, 0.3) is 10.9 Å². The van der Waals surface area contributed by atoms with Crippen LogP contribution in [0.5, 0.6) is 11.5 Å². The SMILES string of the molecule is CCn1cc(C(=O)O)c(=O)c2cc3c(cc21)OCO3.[H-].[Na+]. The number of fused-ring (bicyclic) bond motifs is 2. The van der Waals surface area contributed by atoms with Crippen molar-refractivity contribution in [3.63, 3.8) is 0 Å². The van der Waals surface area contributed by atoms with Gasteiger partial charge in [0, 0.05) is 18.8 Å². The Kier molecular flexibility index (Phi) is 4.08. The summed E-state index contributed by atoms with van der Waals surface area (Å²) < 4.78 is 12.2. The standard InChI is InChI=1S/C13H11NO5.Na.H/c1-2-14-5-8(13(16)17)12(15)7-3-10-11(4-9(7)14)19-6-18-10;;/h3-5H,2,6H2,1H3,(H,16,17);;/q;+1;-1. The molecular formula is C13H12NNaO5. The molecule has 0 saturated carbocycles. The van der Waals surface area contributed by atoms with Gasteiger partial charge in [-0.25, -0.2) is 4.79 Å². The van der Waals surface area contributed by atoms with Gasteiger partial charge in [0.15, 0.2) is 11.5 Å². The van der Waals surface area contributed by atoms with Crippen molar-refractivity contribution in [3.05, 3.63) is 34.1 Å². The molecule has 2 heterocycles. The number of hydrogen-bond donors (Lipinski definition) is 1. The predicted octanol–water partition coefficient (Wildman–Crippen LogP) is -1.44. The molecule has 6 nitrogen and oxygen atoms in total. The molecule has 0 atom stereocenters. The molecule has 0 aliphatic carbocycles. The number of ether oxygens (including phenoxy) is 2. The summed E-state index contributed by atoms with van der Waals surface area (Å²) in [4.78, 5) is 23.2. The van der Waals surface area contributed by atoms with Gasteiger partial charge in [-0.05, 0) is 13.0 Å². The quantitative estimate of drug-likeness (QED) is 0.684. The molecule has 100 valence electrons. The average Bonchev–Trinajstić information content (AvgIpc) is 2.84. The van der Waals surface area contributed by atoms with Crippen molar-refractivity contribution < 1.29 is 50.4 Å². The Balaban J connectivity index is 0.00000110. The van der Waals surface area contributed by atoms with E-state index >= 15 is 0 Å². The molecule has 0 bridgehead atoms. The number of hydrogen-bond acceptors (Lipinski definition) is 4. The number of aromatic nitrogens is 1. The maximum Gasteiger partial charge on any atom is 1.00 e. The van der Waals surface area contributed by atoms with Gasteiger partial charge in [0.1, 0.15) is 5.56 Å². The summed E-state index contributed by atoms with van der Waals surface area (Å²) in [5, 5.41) is 9.39. The minimum Gasteiger partial charge on any atom is -1.00 e. The van der Waals surface area contributed by atoms with E-state index in [4.69, 9.17) is 14.6 Å². The molecule has 2 aromatic rings. The first-order valence-corrected chi connectivity index (χ1v) is 5.82. The molecule has 0 unspecified atom stereocenters. The third-order valence-corrected chi connectivity index (χ3v) is 3.15. The number of aryl methyl sites for hydroxylation is 1. The van der Waals surface area contributed by atoms with E-state index in [1.54, 1.807) is 16.7 Å². The fourth-order valence-electron chi connectivity index (χ4n) is 2.19. The van der Waals surface area contributed by atoms with Crippen molar-refractivity contribution in [2.45, 2.75) is 13.5 Å². The van der Waals surface area contributed by atoms with Crippen LogP contribution in [0, 0.1) is 0 Å². The second-order valence-corrected chi connectivity index (χ2v) is 4.19. The molecule has 1 aromatic carbocycles. The van der Waals surface area contributed by atoms with Crippen molar-refractivity contribution in [3.8, 4) is 11.5 Å². The van der Waals surface area contributed by atoms with Crippen LogP contribution < -0.4 is 44.5 Å². The molecule has 1 aliphatic rings. The van der Waals surface area contributed by atoms with E-state index in [-0.39, 0.29) is 43.3 Å². The molecule has 1 N–H and O–H groups in total. The number of nitrogens with zero attached hydrogens (tertiary/aromatic N) is 1. The second-order valence-electron chi connectivity index (χ2n) is 4.19. The molecule has 0 amide bonds. The third kappa shape index (κ3) is 2.19. The number of carboxylic acid groups (broad SMARTS) is 1. The summed E-state index contributed by atoms with van der Waals surface area (Å²) in [6, 6.07) is 3.24. The van der Waals surface area contributed by atoms with Crippen LogP contribution in [-0.2, 0) is 6.54 Å². The van der Waals surface area contributed by atoms with Crippen LogP contribution in [0.1, 0.15) is 18.7 Å². The van der Waals surface area contributed by atoms with Gasteiger partial charge in [-0.3, -0.25) is 4.79 Å². The van der Waals surface area contributed by atoms with Crippen LogP contribution in [0.15, 0.2) is 23.1 Å². The zero-order valence-corrected chi connectivity index (χ0v) is 13.2. The molecule has 20 heavy (non-hydrogen) atoms. The minimum atomic E-state index is -1.23. The Morgan fingerprint density at radius 3 is 2.65 bits per heavy atom. The number of carbonyl (C=O) groups is 1. The van der Waals surface area contributed by atoms with E-state index in [0.717, 1.165) is 0 Å². The van der Waals surface area contributed by atoms with Gasteiger partial charge in [-0.1, -0.05) is 0 Å². The van der Waals surface area contributed by atoms with Crippen molar-refractivity contribution in [2.75, 3.05) is 6.79 Å². The molecule has 0 saturated heterocycles. The molecule has 0 fully saturated rings. The zero-order valence-electron chi connectivity index (χ0n) is 12.2. The number of benzene rings is 1. The minimum absolute atomic E-state index is 0. The number of aromatic carboxylic acids is 1. The van der Waals surface area contributed by atoms with Crippen LogP contribution >= 0.6 is 0 Å². The average molecular weight is 285 g/mol. The van der Waals surface area contributed by atoms with Crippen molar-refractivity contribution in [1.29, 1.82) is 0 Å². The van der Waals surface area contributed by atoms with E-state index in [0.29, 0.717) is 28.9 Å². The summed E-state index contributed by atoms with van der Waals surface area (Å²) >= 11 is 0. The number of rotatable bonds is 2. The maximum atomic E-state index is 12.1. The van der Waals surface area contributed by atoms with Gasteiger partial charge < -0.3 is 20.6 Å². The van der Waals surface area contributed by atoms with Gasteiger partial charge in [0.25, 0.3) is 0 Å². The normalized spacial score (nSPS) is 12.2. The van der Waals surface area contributed by atoms with Crippen molar-refractivity contribution in [1.82, 2.24) is 4.57 Å². The van der Waals surface area contributed by atoms with E-state index in [1.807, 2.05) is 6.92 Å². The molecule has 1 aliphatic heterocycles. The summed E-state index contributed by atoms with van der Waals surface area (Å²) in [5.41, 5.74) is -0.111.